The zero-order chi connectivity index (χ0) is 4.41. The highest BCUT2D eigenvalue weighted by molar-refractivity contribution is 8.23. The van der Waals surface area contributed by atoms with Crippen LogP contribution in [0.4, 0.5) is 0 Å². The Hall–Kier alpha value is 0.367. The van der Waals surface area contributed by atoms with E-state index in [9.17, 15) is 4.46 Å². The average Bonchev–Trinajstić information content (AvgIpc) is 1.86. The Kier molecular flexibility index (Phi) is 1.42. The number of hydrogen-bond donors (Lipinski definition) is 0. The molecule has 0 aromatic carbocycles. The molecule has 0 atom stereocenters. The first kappa shape index (κ1) is 4.52. The molecule has 1 aliphatic rings. The summed E-state index contributed by atoms with van der Waals surface area (Å²) in [6, 6.07) is 0.995. The van der Waals surface area contributed by atoms with Gasteiger partial charge in [0.15, 0.2) is 0 Å². The molecule has 1 nitrogen and oxygen atoms in total. The summed E-state index contributed by atoms with van der Waals surface area (Å²) in [6.07, 6.45) is 1.18. The molecule has 3 heteroatoms. The minimum absolute atomic E-state index is 0.995. The van der Waals surface area contributed by atoms with Gasteiger partial charge < -0.3 is 4.46 Å². The lowest BCUT2D eigenvalue weighted by atomic mass is 10.6. The molecule has 0 aromatic rings. The van der Waals surface area contributed by atoms with Crippen molar-refractivity contribution in [2.45, 2.75) is 12.5 Å². The molecule has 0 spiro atoms. The maximum absolute atomic E-state index is 10.4. The molecule has 1 heterocycles. The fourth-order valence-corrected chi connectivity index (χ4v) is 3.84. The van der Waals surface area contributed by atoms with Gasteiger partial charge in [0.1, 0.15) is 0 Å². The van der Waals surface area contributed by atoms with Crippen LogP contribution in [0.5, 0.6) is 0 Å². The van der Waals surface area contributed by atoms with Crippen molar-refractivity contribution in [2.24, 2.45) is 0 Å². The van der Waals surface area contributed by atoms with Crippen LogP contribution in [0.25, 0.3) is 0 Å². The molecular weight excluding hydrogens is 112 g/mol. The van der Waals surface area contributed by atoms with E-state index in [1.165, 1.54) is 6.42 Å². The lowest BCUT2D eigenvalue weighted by molar-refractivity contribution is 0.573. The Morgan fingerprint density at radius 2 is 2.50 bits per heavy atom. The van der Waals surface area contributed by atoms with E-state index in [0.717, 1.165) is 11.8 Å². The Labute approximate surface area is 42.4 Å². The monoisotopic (exact) mass is 118 g/mol. The second-order valence-corrected chi connectivity index (χ2v) is 5.50. The SMILES string of the molecule is O=[Si]1CCCS1. The van der Waals surface area contributed by atoms with Crippen LogP contribution in [-0.4, -0.2) is 13.6 Å². The molecule has 6 heavy (non-hydrogen) atoms. The lowest BCUT2D eigenvalue weighted by Crippen LogP contribution is -1.78. The van der Waals surface area contributed by atoms with Gasteiger partial charge in [0.25, 0.3) is 0 Å². The summed E-state index contributed by atoms with van der Waals surface area (Å²) >= 11 is 1.64. The van der Waals surface area contributed by atoms with Crippen LogP contribution in [0, 0.1) is 0 Å². The molecule has 0 radical (unpaired) electrons. The molecule has 0 aliphatic carbocycles. The summed E-state index contributed by atoms with van der Waals surface area (Å²) in [6.45, 7) is 0. The van der Waals surface area contributed by atoms with Crippen molar-refractivity contribution in [2.75, 3.05) is 5.75 Å². The van der Waals surface area contributed by atoms with Crippen LogP contribution in [0.3, 0.4) is 0 Å². The Morgan fingerprint density at radius 1 is 1.67 bits per heavy atom. The molecular formula is C3H6OSSi. The minimum atomic E-state index is -1.09. The highest BCUT2D eigenvalue weighted by Crippen LogP contribution is 2.16. The van der Waals surface area contributed by atoms with Crippen LogP contribution in [0.1, 0.15) is 6.42 Å². The van der Waals surface area contributed by atoms with Gasteiger partial charge in [-0.2, -0.15) is 0 Å². The van der Waals surface area contributed by atoms with Crippen molar-refractivity contribution in [1.82, 2.24) is 0 Å². The van der Waals surface area contributed by atoms with Gasteiger partial charge in [-0.05, 0) is 12.2 Å². The summed E-state index contributed by atoms with van der Waals surface area (Å²) in [5.74, 6) is 1.14. The van der Waals surface area contributed by atoms with Crippen molar-refractivity contribution in [3.05, 3.63) is 0 Å². The summed E-state index contributed by atoms with van der Waals surface area (Å²) in [5, 5.41) is 0. The van der Waals surface area contributed by atoms with E-state index in [1.54, 1.807) is 11.2 Å². The van der Waals surface area contributed by atoms with E-state index < -0.39 is 7.83 Å². The molecule has 0 amide bonds. The molecule has 1 saturated heterocycles. The molecule has 1 aliphatic heterocycles. The van der Waals surface area contributed by atoms with Crippen molar-refractivity contribution in [3.63, 3.8) is 0 Å². The van der Waals surface area contributed by atoms with E-state index in [4.69, 9.17) is 0 Å². The third-order valence-electron chi connectivity index (χ3n) is 0.788. The Bertz CT molecular complexity index is 65.2. The first-order valence-corrected chi connectivity index (χ1v) is 5.38. The van der Waals surface area contributed by atoms with E-state index in [0.29, 0.717) is 0 Å². The van der Waals surface area contributed by atoms with Crippen LogP contribution < -0.4 is 0 Å². The molecule has 34 valence electrons. The predicted octanol–water partition coefficient (Wildman–Crippen LogP) is 1.04. The number of hydrogen-bond acceptors (Lipinski definition) is 2. The second-order valence-electron chi connectivity index (χ2n) is 1.32. The van der Waals surface area contributed by atoms with Gasteiger partial charge >= 0.3 is 7.83 Å². The maximum Gasteiger partial charge on any atom is 0.345 e. The van der Waals surface area contributed by atoms with Crippen molar-refractivity contribution < 1.29 is 4.46 Å². The van der Waals surface area contributed by atoms with E-state index in [2.05, 4.69) is 0 Å². The normalized spacial score (nSPS) is 22.3. The smallest absolute Gasteiger partial charge is 0.345 e. The van der Waals surface area contributed by atoms with Crippen LogP contribution >= 0.6 is 11.2 Å². The molecule has 0 bridgehead atoms. The van der Waals surface area contributed by atoms with E-state index >= 15 is 0 Å². The van der Waals surface area contributed by atoms with Crippen molar-refractivity contribution in [1.29, 1.82) is 0 Å². The van der Waals surface area contributed by atoms with Crippen molar-refractivity contribution >= 4 is 19.0 Å². The minimum Gasteiger partial charge on any atom is -0.374 e. The van der Waals surface area contributed by atoms with E-state index in [1.807, 2.05) is 0 Å². The van der Waals surface area contributed by atoms with Gasteiger partial charge in [-0.15, -0.1) is 11.2 Å². The van der Waals surface area contributed by atoms with Gasteiger partial charge in [-0.1, -0.05) is 0 Å². The molecule has 1 fully saturated rings. The highest BCUT2D eigenvalue weighted by atomic mass is 32.4. The second kappa shape index (κ2) is 1.89. The summed E-state index contributed by atoms with van der Waals surface area (Å²) in [7, 11) is -1.09. The predicted molar refractivity (Wildman–Crippen MR) is 28.3 cm³/mol. The van der Waals surface area contributed by atoms with Crippen LogP contribution in [-0.2, 0) is 4.46 Å². The van der Waals surface area contributed by atoms with Gasteiger partial charge in [-0.25, -0.2) is 0 Å². The first-order valence-electron chi connectivity index (χ1n) is 2.05. The Balaban J connectivity index is 2.37. The molecule has 0 saturated carbocycles. The fourth-order valence-electron chi connectivity index (χ4n) is 0.475. The molecule has 0 unspecified atom stereocenters. The summed E-state index contributed by atoms with van der Waals surface area (Å²) in [4.78, 5) is 0. The topological polar surface area (TPSA) is 17.1 Å². The van der Waals surface area contributed by atoms with Gasteiger partial charge in [-0.3, -0.25) is 0 Å². The third-order valence-corrected chi connectivity index (χ3v) is 4.56. The van der Waals surface area contributed by atoms with Gasteiger partial charge in [0.2, 0.25) is 0 Å². The molecule has 1 rings (SSSR count). The average molecular weight is 118 g/mol. The summed E-state index contributed by atoms with van der Waals surface area (Å²) in [5.41, 5.74) is 0. The van der Waals surface area contributed by atoms with E-state index in [-0.39, 0.29) is 0 Å². The summed E-state index contributed by atoms with van der Waals surface area (Å²) < 4.78 is 10.4. The zero-order valence-corrected chi connectivity index (χ0v) is 5.25. The van der Waals surface area contributed by atoms with Gasteiger partial charge in [0, 0.05) is 6.04 Å². The number of rotatable bonds is 0. The van der Waals surface area contributed by atoms with Crippen LogP contribution in [0.2, 0.25) is 6.04 Å². The van der Waals surface area contributed by atoms with Crippen molar-refractivity contribution in [3.8, 4) is 0 Å². The van der Waals surface area contributed by atoms with Gasteiger partial charge in [0.05, 0.1) is 0 Å². The molecule has 0 aromatic heterocycles. The first-order chi connectivity index (χ1) is 2.89. The third kappa shape index (κ3) is 0.912. The zero-order valence-electron chi connectivity index (χ0n) is 3.44. The van der Waals surface area contributed by atoms with Crippen LogP contribution in [0.15, 0.2) is 0 Å². The fraction of sp³-hybridized carbons (Fsp3) is 1.00. The molecule has 0 N–H and O–H groups in total. The quantitative estimate of drug-likeness (QED) is 0.442. The highest BCUT2D eigenvalue weighted by Gasteiger charge is 2.11. The Morgan fingerprint density at radius 3 is 2.67 bits per heavy atom. The lowest BCUT2D eigenvalue weighted by Gasteiger charge is -1.68. The standard InChI is InChI=1S/C3H6OSSi/c4-6-3-1-2-5-6/h1-3H2. The largest absolute Gasteiger partial charge is 0.374 e. The maximum atomic E-state index is 10.4.